The van der Waals surface area contributed by atoms with Gasteiger partial charge in [-0.05, 0) is 51.4 Å². The van der Waals surface area contributed by atoms with Crippen LogP contribution >= 0.6 is 0 Å². The van der Waals surface area contributed by atoms with Crippen molar-refractivity contribution in [1.29, 1.82) is 0 Å². The fourth-order valence-electron chi connectivity index (χ4n) is 5.20. The molecule has 0 unspecified atom stereocenters. The molecule has 0 aliphatic heterocycles. The molecule has 0 rings (SSSR count). The summed E-state index contributed by atoms with van der Waals surface area (Å²) in [6, 6.07) is 0. The van der Waals surface area contributed by atoms with E-state index in [1.165, 1.54) is 103 Å². The average molecular weight is 612 g/mol. The molecule has 0 heterocycles. The minimum absolute atomic E-state index is 0.0511. The van der Waals surface area contributed by atoms with E-state index in [0.29, 0.717) is 12.8 Å². The first-order valence-electron chi connectivity index (χ1n) is 17.9. The van der Waals surface area contributed by atoms with E-state index in [-0.39, 0.29) is 24.2 Å². The maximum Gasteiger partial charge on any atom is 0.234 e. The number of rotatable bonds is 32. The van der Waals surface area contributed by atoms with E-state index in [9.17, 15) is 18.3 Å². The molecule has 42 heavy (non-hydrogen) atoms. The van der Waals surface area contributed by atoms with Crippen molar-refractivity contribution in [2.45, 2.75) is 193 Å². The molecule has 2 N–H and O–H groups in total. The van der Waals surface area contributed by atoms with Crippen LogP contribution in [0.1, 0.15) is 187 Å². The van der Waals surface area contributed by atoms with E-state index in [0.717, 1.165) is 51.4 Å². The number of carbonyl (C=O) groups is 1. The largest absolute Gasteiger partial charge is 0.389 e. The van der Waals surface area contributed by atoms with Crippen molar-refractivity contribution in [3.8, 4) is 0 Å². The third kappa shape index (κ3) is 31.8. The lowest BCUT2D eigenvalue weighted by Crippen LogP contribution is -2.32. The van der Waals surface area contributed by atoms with Crippen molar-refractivity contribution in [1.82, 2.24) is 4.72 Å². The predicted octanol–water partition coefficient (Wildman–Crippen LogP) is 10.5. The van der Waals surface area contributed by atoms with Gasteiger partial charge in [0.1, 0.15) is 0 Å². The van der Waals surface area contributed by atoms with Gasteiger partial charge < -0.3 is 5.11 Å². The number of aliphatic hydroxyl groups excluding tert-OH is 1. The summed E-state index contributed by atoms with van der Waals surface area (Å²) in [6.07, 6.45) is 38.4. The number of sulfonamides is 1. The highest BCUT2D eigenvalue weighted by Crippen LogP contribution is 2.13. The van der Waals surface area contributed by atoms with Crippen LogP contribution in [-0.4, -0.2) is 31.3 Å². The number of amides is 1. The summed E-state index contributed by atoms with van der Waals surface area (Å²) in [5, 5.41) is 9.79. The van der Waals surface area contributed by atoms with Crippen LogP contribution in [0.3, 0.4) is 0 Å². The summed E-state index contributed by atoms with van der Waals surface area (Å²) in [6.45, 7) is 4.40. The summed E-state index contributed by atoms with van der Waals surface area (Å²) in [5.74, 6) is -0.325. The molecule has 0 aliphatic carbocycles. The van der Waals surface area contributed by atoms with Crippen molar-refractivity contribution in [2.24, 2.45) is 0 Å². The van der Waals surface area contributed by atoms with E-state index in [2.05, 4.69) is 36.8 Å². The van der Waals surface area contributed by atoms with Gasteiger partial charge in [0.2, 0.25) is 15.9 Å². The Morgan fingerprint density at radius 1 is 0.595 bits per heavy atom. The van der Waals surface area contributed by atoms with E-state index in [1.54, 1.807) is 0 Å². The average Bonchev–Trinajstić information content (AvgIpc) is 2.96. The second-order valence-electron chi connectivity index (χ2n) is 12.3. The first-order chi connectivity index (χ1) is 20.4. The molecule has 0 spiro atoms. The summed E-state index contributed by atoms with van der Waals surface area (Å²) >= 11 is 0. The van der Waals surface area contributed by atoms with E-state index in [4.69, 9.17) is 0 Å². The van der Waals surface area contributed by atoms with Crippen molar-refractivity contribution < 1.29 is 18.3 Å². The van der Waals surface area contributed by atoms with Gasteiger partial charge in [-0.1, -0.05) is 154 Å². The lowest BCUT2D eigenvalue weighted by atomic mass is 10.0. The van der Waals surface area contributed by atoms with Crippen LogP contribution in [0.2, 0.25) is 0 Å². The molecule has 0 fully saturated rings. The standard InChI is InChI=1S/C36H69NO4S/c1-3-5-7-8-9-10-11-12-15-18-21-24-27-30-34-42(40,41)37-36(39)33-29-26-23-20-17-14-13-16-19-22-25-28-32-35(38)31-6-4-2/h20,23,28,32,35,38H,3-19,21-22,24-27,29-31,33-34H2,1-2H3,(H,37,39)/b23-20-,32-28-/t35-/m1/s1. The second kappa shape index (κ2) is 31.3. The smallest absolute Gasteiger partial charge is 0.234 e. The molecule has 0 saturated carbocycles. The Morgan fingerprint density at radius 2 is 1.02 bits per heavy atom. The first-order valence-corrected chi connectivity index (χ1v) is 19.6. The maximum absolute atomic E-state index is 12.2. The van der Waals surface area contributed by atoms with Gasteiger partial charge in [0.15, 0.2) is 0 Å². The lowest BCUT2D eigenvalue weighted by Gasteiger charge is -2.07. The Balaban J connectivity index is 3.54. The molecule has 0 radical (unpaired) electrons. The topological polar surface area (TPSA) is 83.5 Å². The van der Waals surface area contributed by atoms with Crippen molar-refractivity contribution in [3.63, 3.8) is 0 Å². The number of aliphatic hydroxyl groups is 1. The predicted molar refractivity (Wildman–Crippen MR) is 182 cm³/mol. The van der Waals surface area contributed by atoms with Crippen LogP contribution in [0, 0.1) is 0 Å². The molecule has 0 bridgehead atoms. The summed E-state index contributed by atoms with van der Waals surface area (Å²) in [5.41, 5.74) is 0. The molecule has 0 saturated heterocycles. The van der Waals surface area contributed by atoms with Crippen molar-refractivity contribution >= 4 is 15.9 Å². The summed E-state index contributed by atoms with van der Waals surface area (Å²) < 4.78 is 26.6. The van der Waals surface area contributed by atoms with Gasteiger partial charge in [-0.2, -0.15) is 0 Å². The number of hydrogen-bond donors (Lipinski definition) is 2. The Kier molecular flexibility index (Phi) is 30.4. The van der Waals surface area contributed by atoms with Gasteiger partial charge >= 0.3 is 0 Å². The first kappa shape index (κ1) is 40.9. The minimum Gasteiger partial charge on any atom is -0.389 e. The van der Waals surface area contributed by atoms with Crippen molar-refractivity contribution in [2.75, 3.05) is 5.75 Å². The van der Waals surface area contributed by atoms with Crippen LogP contribution in [0.4, 0.5) is 0 Å². The molecule has 5 nitrogen and oxygen atoms in total. The molecule has 0 aliphatic rings. The number of unbranched alkanes of at least 4 members (excludes halogenated alkanes) is 21. The third-order valence-corrected chi connectivity index (χ3v) is 9.30. The molecular formula is C36H69NO4S. The minimum atomic E-state index is -3.50. The third-order valence-electron chi connectivity index (χ3n) is 7.93. The Bertz CT molecular complexity index is 747. The Morgan fingerprint density at radius 3 is 1.55 bits per heavy atom. The second-order valence-corrected chi connectivity index (χ2v) is 14.1. The van der Waals surface area contributed by atoms with Gasteiger partial charge in [-0.25, -0.2) is 8.42 Å². The normalized spacial score (nSPS) is 12.9. The zero-order valence-corrected chi connectivity index (χ0v) is 28.6. The quantitative estimate of drug-likeness (QED) is 0.0585. The fraction of sp³-hybridized carbons (Fsp3) is 0.861. The van der Waals surface area contributed by atoms with Crippen LogP contribution in [0.25, 0.3) is 0 Å². The van der Waals surface area contributed by atoms with Gasteiger partial charge in [-0.15, -0.1) is 0 Å². The van der Waals surface area contributed by atoms with Gasteiger partial charge in [0.05, 0.1) is 11.9 Å². The summed E-state index contributed by atoms with van der Waals surface area (Å²) in [7, 11) is -3.50. The van der Waals surface area contributed by atoms with Crippen LogP contribution in [0.15, 0.2) is 24.3 Å². The zero-order valence-electron chi connectivity index (χ0n) is 27.8. The Hall–Kier alpha value is -1.14. The van der Waals surface area contributed by atoms with Gasteiger partial charge in [0, 0.05) is 6.42 Å². The van der Waals surface area contributed by atoms with E-state index < -0.39 is 10.0 Å². The SMILES string of the molecule is CCCCCCCCCCCCCCCCS(=O)(=O)NC(=O)CCC/C=C\CCCCCCC/C=C\[C@H](O)CCCC. The molecule has 0 aromatic rings. The fourth-order valence-corrected chi connectivity index (χ4v) is 6.33. The maximum atomic E-state index is 12.2. The molecule has 0 aromatic heterocycles. The zero-order chi connectivity index (χ0) is 31.0. The Labute approximate surface area is 261 Å². The molecule has 1 atom stereocenters. The highest BCUT2D eigenvalue weighted by molar-refractivity contribution is 7.90. The number of hydrogen-bond acceptors (Lipinski definition) is 4. The highest BCUT2D eigenvalue weighted by atomic mass is 32.2. The molecular weight excluding hydrogens is 542 g/mol. The van der Waals surface area contributed by atoms with Gasteiger partial charge in [0.25, 0.3) is 0 Å². The van der Waals surface area contributed by atoms with Crippen molar-refractivity contribution in [3.05, 3.63) is 24.3 Å². The molecule has 6 heteroatoms. The summed E-state index contributed by atoms with van der Waals surface area (Å²) in [4.78, 5) is 12.1. The number of nitrogens with one attached hydrogen (secondary N) is 1. The number of carbonyl (C=O) groups excluding carboxylic acids is 1. The number of allylic oxidation sites excluding steroid dienone is 3. The molecule has 0 aromatic carbocycles. The lowest BCUT2D eigenvalue weighted by molar-refractivity contribution is -0.119. The van der Waals surface area contributed by atoms with E-state index >= 15 is 0 Å². The van der Waals surface area contributed by atoms with Crippen LogP contribution in [-0.2, 0) is 14.8 Å². The van der Waals surface area contributed by atoms with Crippen LogP contribution in [0.5, 0.6) is 0 Å². The van der Waals surface area contributed by atoms with E-state index in [1.807, 2.05) is 6.08 Å². The van der Waals surface area contributed by atoms with Crippen LogP contribution < -0.4 is 4.72 Å². The molecule has 1 amide bonds. The molecule has 248 valence electrons. The monoisotopic (exact) mass is 611 g/mol. The highest BCUT2D eigenvalue weighted by Gasteiger charge is 2.13. The van der Waals surface area contributed by atoms with Gasteiger partial charge in [-0.3, -0.25) is 9.52 Å².